The van der Waals surface area contributed by atoms with Crippen molar-refractivity contribution < 1.29 is 32.5 Å². The van der Waals surface area contributed by atoms with E-state index in [1.165, 1.54) is 42.5 Å². The minimum Gasteiger partial charge on any atom is -0.490 e. The number of carbonyl (C=O) groups excluding carboxylic acids is 1. The number of hydrogen-bond donors (Lipinski definition) is 1. The Kier molecular flexibility index (Phi) is 7.83. The molecule has 0 aliphatic carbocycles. The van der Waals surface area contributed by atoms with Crippen molar-refractivity contribution in [1.29, 1.82) is 5.26 Å². The molecule has 0 saturated carbocycles. The topological polar surface area (TPSA) is 104 Å². The maximum Gasteiger partial charge on any atom is 0.343 e. The third-order valence-electron chi connectivity index (χ3n) is 6.39. The average Bonchev–Trinajstić information content (AvgIpc) is 2.97. The lowest BCUT2D eigenvalue weighted by atomic mass is 9.83. The molecule has 1 atom stereocenters. The smallest absolute Gasteiger partial charge is 0.343 e. The van der Waals surface area contributed by atoms with Crippen molar-refractivity contribution in [2.75, 3.05) is 6.61 Å². The third-order valence-corrected chi connectivity index (χ3v) is 6.39. The van der Waals surface area contributed by atoms with Crippen LogP contribution in [0.1, 0.15) is 39.9 Å². The summed E-state index contributed by atoms with van der Waals surface area (Å²) in [5, 5.41) is 9.95. The zero-order valence-corrected chi connectivity index (χ0v) is 21.9. The Morgan fingerprint density at radius 2 is 1.63 bits per heavy atom. The number of nitrogens with two attached hydrogens (primary N) is 1. The Balaban J connectivity index is 1.44. The number of halogens is 2. The molecule has 41 heavy (non-hydrogen) atoms. The van der Waals surface area contributed by atoms with Crippen LogP contribution >= 0.6 is 0 Å². The summed E-state index contributed by atoms with van der Waals surface area (Å²) in [7, 11) is 0. The maximum atomic E-state index is 13.3. The second-order valence-corrected chi connectivity index (χ2v) is 9.08. The fraction of sp³-hybridized carbons (Fsp3) is 0.125. The average molecular weight is 555 g/mol. The third kappa shape index (κ3) is 5.97. The summed E-state index contributed by atoms with van der Waals surface area (Å²) in [6.07, 6.45) is 0. The van der Waals surface area contributed by atoms with E-state index >= 15 is 0 Å². The molecule has 0 aromatic heterocycles. The van der Waals surface area contributed by atoms with Gasteiger partial charge in [0.25, 0.3) is 0 Å². The molecule has 1 aliphatic rings. The number of carbonyl (C=O) groups is 1. The van der Waals surface area contributed by atoms with Crippen molar-refractivity contribution in [3.05, 3.63) is 130 Å². The Morgan fingerprint density at radius 1 is 0.927 bits per heavy atom. The summed E-state index contributed by atoms with van der Waals surface area (Å²) in [6, 6.07) is 23.2. The quantitative estimate of drug-likeness (QED) is 0.199. The van der Waals surface area contributed by atoms with Crippen molar-refractivity contribution in [1.82, 2.24) is 0 Å². The van der Waals surface area contributed by atoms with E-state index in [4.69, 9.17) is 24.7 Å². The Hall–Kier alpha value is -5.36. The predicted molar refractivity (Wildman–Crippen MR) is 145 cm³/mol. The molecular weight excluding hydrogens is 530 g/mol. The molecule has 0 bridgehead atoms. The zero-order chi connectivity index (χ0) is 28.9. The Morgan fingerprint density at radius 3 is 2.32 bits per heavy atom. The highest BCUT2D eigenvalue weighted by atomic mass is 19.1. The van der Waals surface area contributed by atoms with Crippen molar-refractivity contribution in [3.8, 4) is 29.1 Å². The minimum atomic E-state index is -0.670. The molecule has 0 saturated heterocycles. The van der Waals surface area contributed by atoms with E-state index in [0.29, 0.717) is 35.0 Å². The van der Waals surface area contributed by atoms with Crippen LogP contribution in [0.3, 0.4) is 0 Å². The first-order valence-electron chi connectivity index (χ1n) is 12.7. The van der Waals surface area contributed by atoms with Gasteiger partial charge in [0.2, 0.25) is 5.88 Å². The summed E-state index contributed by atoms with van der Waals surface area (Å²) < 4.78 is 49.5. The van der Waals surface area contributed by atoms with Crippen molar-refractivity contribution in [2.24, 2.45) is 5.73 Å². The number of hydrogen-bond acceptors (Lipinski definition) is 7. The SMILES string of the molecule is CCOc1cc(C2C(C#N)=C(N)Oc3cc(OC(=O)c4ccc(F)cc4)ccc32)ccc1OCc1ccc(F)cc1. The van der Waals surface area contributed by atoms with Crippen LogP contribution < -0.4 is 24.7 Å². The first kappa shape index (κ1) is 27.2. The highest BCUT2D eigenvalue weighted by Crippen LogP contribution is 2.45. The van der Waals surface area contributed by atoms with E-state index in [-0.39, 0.29) is 35.2 Å². The second-order valence-electron chi connectivity index (χ2n) is 9.08. The normalized spacial score (nSPS) is 14.0. The molecule has 7 nitrogen and oxygen atoms in total. The van der Waals surface area contributed by atoms with Gasteiger partial charge in [-0.3, -0.25) is 0 Å². The zero-order valence-electron chi connectivity index (χ0n) is 21.9. The number of allylic oxidation sites excluding steroid dienone is 1. The van der Waals surface area contributed by atoms with Crippen LogP contribution in [-0.4, -0.2) is 12.6 Å². The molecule has 1 aliphatic heterocycles. The largest absolute Gasteiger partial charge is 0.490 e. The molecule has 1 unspecified atom stereocenters. The van der Waals surface area contributed by atoms with Gasteiger partial charge in [0, 0.05) is 11.6 Å². The van der Waals surface area contributed by atoms with Crippen molar-refractivity contribution in [3.63, 3.8) is 0 Å². The fourth-order valence-corrected chi connectivity index (χ4v) is 4.43. The number of esters is 1. The van der Waals surface area contributed by atoms with Crippen LogP contribution in [0.25, 0.3) is 0 Å². The van der Waals surface area contributed by atoms with Gasteiger partial charge in [-0.2, -0.15) is 5.26 Å². The lowest BCUT2D eigenvalue weighted by molar-refractivity contribution is 0.0734. The van der Waals surface area contributed by atoms with Gasteiger partial charge in [-0.15, -0.1) is 0 Å². The van der Waals surface area contributed by atoms with Gasteiger partial charge in [-0.25, -0.2) is 13.6 Å². The number of nitrogens with zero attached hydrogens (tertiary/aromatic N) is 1. The van der Waals surface area contributed by atoms with Crippen LogP contribution in [0.2, 0.25) is 0 Å². The minimum absolute atomic E-state index is 0.0818. The Labute approximate surface area is 235 Å². The summed E-state index contributed by atoms with van der Waals surface area (Å²) in [4.78, 5) is 12.5. The summed E-state index contributed by atoms with van der Waals surface area (Å²) in [5.74, 6) is -0.718. The number of rotatable bonds is 8. The van der Waals surface area contributed by atoms with Crippen LogP contribution in [0, 0.1) is 23.0 Å². The molecule has 5 rings (SSSR count). The Bertz CT molecular complexity index is 1660. The number of nitriles is 1. The van der Waals surface area contributed by atoms with Crippen LogP contribution in [-0.2, 0) is 6.61 Å². The molecule has 0 fully saturated rings. The van der Waals surface area contributed by atoms with Crippen LogP contribution in [0.5, 0.6) is 23.0 Å². The molecule has 4 aromatic rings. The van der Waals surface area contributed by atoms with Gasteiger partial charge in [0.1, 0.15) is 41.4 Å². The maximum absolute atomic E-state index is 13.3. The molecule has 206 valence electrons. The van der Waals surface area contributed by atoms with Gasteiger partial charge >= 0.3 is 5.97 Å². The lowest BCUT2D eigenvalue weighted by Gasteiger charge is -2.27. The van der Waals surface area contributed by atoms with E-state index in [1.54, 1.807) is 42.5 Å². The van der Waals surface area contributed by atoms with Gasteiger partial charge in [0.05, 0.1) is 18.1 Å². The monoisotopic (exact) mass is 554 g/mol. The van der Waals surface area contributed by atoms with Gasteiger partial charge in [-0.1, -0.05) is 24.3 Å². The summed E-state index contributed by atoms with van der Waals surface area (Å²) in [6.45, 7) is 2.41. The van der Waals surface area contributed by atoms with E-state index in [0.717, 1.165) is 5.56 Å². The highest BCUT2D eigenvalue weighted by Gasteiger charge is 2.32. The lowest BCUT2D eigenvalue weighted by Crippen LogP contribution is -2.21. The first-order valence-corrected chi connectivity index (χ1v) is 12.7. The standard InChI is InChI=1S/C32H24F2N2O5/c1-2-38-29-15-21(7-14-27(29)39-18-19-3-8-22(33)9-4-19)30-25-13-12-24(16-28(25)41-31(36)26(30)17-35)40-32(37)20-5-10-23(34)11-6-20/h3-16,30H,2,18,36H2,1H3. The number of ether oxygens (including phenoxy) is 4. The van der Waals surface area contributed by atoms with E-state index < -0.39 is 17.7 Å². The molecule has 2 N–H and O–H groups in total. The van der Waals surface area contributed by atoms with Crippen LogP contribution in [0.4, 0.5) is 8.78 Å². The molecule has 0 amide bonds. The van der Waals surface area contributed by atoms with Crippen molar-refractivity contribution in [2.45, 2.75) is 19.4 Å². The summed E-state index contributed by atoms with van der Waals surface area (Å²) >= 11 is 0. The highest BCUT2D eigenvalue weighted by molar-refractivity contribution is 5.91. The predicted octanol–water partition coefficient (Wildman–Crippen LogP) is 6.38. The number of benzene rings is 4. The number of fused-ring (bicyclic) bond motifs is 1. The van der Waals surface area contributed by atoms with Gasteiger partial charge in [-0.05, 0) is 72.6 Å². The molecule has 0 radical (unpaired) electrons. The van der Waals surface area contributed by atoms with E-state index in [1.807, 2.05) is 6.92 Å². The van der Waals surface area contributed by atoms with E-state index in [9.17, 15) is 18.8 Å². The molecule has 4 aromatic carbocycles. The van der Waals surface area contributed by atoms with E-state index in [2.05, 4.69) is 6.07 Å². The molecule has 1 heterocycles. The second kappa shape index (κ2) is 11.8. The molecular formula is C32H24F2N2O5. The van der Waals surface area contributed by atoms with Gasteiger partial charge in [0.15, 0.2) is 11.5 Å². The van der Waals surface area contributed by atoms with Crippen molar-refractivity contribution >= 4 is 5.97 Å². The summed E-state index contributed by atoms with van der Waals surface area (Å²) in [5.41, 5.74) is 8.64. The molecule has 0 spiro atoms. The van der Waals surface area contributed by atoms with Crippen LogP contribution in [0.15, 0.2) is 96.4 Å². The fourth-order valence-electron chi connectivity index (χ4n) is 4.43. The first-order chi connectivity index (χ1) is 19.9. The van der Waals surface area contributed by atoms with Gasteiger partial charge < -0.3 is 24.7 Å². The molecule has 9 heteroatoms.